The molecule has 1 aromatic rings. The van der Waals surface area contributed by atoms with Crippen molar-refractivity contribution >= 4 is 5.91 Å². The molecule has 0 atom stereocenters. The molecule has 1 amide bonds. The van der Waals surface area contributed by atoms with Gasteiger partial charge in [0.1, 0.15) is 5.75 Å². The van der Waals surface area contributed by atoms with E-state index < -0.39 is 0 Å². The van der Waals surface area contributed by atoms with Crippen LogP contribution < -0.4 is 15.4 Å². The van der Waals surface area contributed by atoms with E-state index in [-0.39, 0.29) is 11.3 Å². The Morgan fingerprint density at radius 2 is 1.95 bits per heavy atom. The third kappa shape index (κ3) is 2.77. The van der Waals surface area contributed by atoms with Crippen molar-refractivity contribution in [3.63, 3.8) is 0 Å². The number of benzene rings is 1. The van der Waals surface area contributed by atoms with Crippen molar-refractivity contribution in [2.24, 2.45) is 5.92 Å². The van der Waals surface area contributed by atoms with Gasteiger partial charge in [0, 0.05) is 25.6 Å². The molecule has 4 nitrogen and oxygen atoms in total. The van der Waals surface area contributed by atoms with E-state index in [0.29, 0.717) is 5.92 Å². The Morgan fingerprint density at radius 3 is 2.48 bits per heavy atom. The molecule has 1 aliphatic heterocycles. The fourth-order valence-corrected chi connectivity index (χ4v) is 3.43. The van der Waals surface area contributed by atoms with Crippen LogP contribution in [0.1, 0.15) is 31.2 Å². The second kappa shape index (κ2) is 6.06. The van der Waals surface area contributed by atoms with Crippen LogP contribution in [-0.2, 0) is 10.2 Å². The summed E-state index contributed by atoms with van der Waals surface area (Å²) >= 11 is 0. The number of rotatable bonds is 5. The minimum absolute atomic E-state index is 0.206. The summed E-state index contributed by atoms with van der Waals surface area (Å²) in [5.41, 5.74) is 0.800. The summed E-state index contributed by atoms with van der Waals surface area (Å²) in [6, 6.07) is 8.01. The normalized spacial score (nSPS) is 20.8. The maximum atomic E-state index is 12.8. The van der Waals surface area contributed by atoms with Gasteiger partial charge < -0.3 is 15.4 Å². The molecule has 0 bridgehead atoms. The first-order valence-corrected chi connectivity index (χ1v) is 7.88. The number of hydrogen-bond donors (Lipinski definition) is 2. The predicted molar refractivity (Wildman–Crippen MR) is 82.5 cm³/mol. The molecule has 4 heteroatoms. The second-order valence-corrected chi connectivity index (χ2v) is 6.25. The molecule has 1 saturated heterocycles. The fraction of sp³-hybridized carbons (Fsp3) is 0.588. The Labute approximate surface area is 126 Å². The van der Waals surface area contributed by atoms with E-state index in [2.05, 4.69) is 22.8 Å². The lowest BCUT2D eigenvalue weighted by Gasteiger charge is -2.32. The summed E-state index contributed by atoms with van der Waals surface area (Å²) in [5, 5.41) is 6.43. The molecular formula is C17H24N2O2. The van der Waals surface area contributed by atoms with E-state index in [1.807, 2.05) is 12.1 Å². The number of amides is 1. The lowest BCUT2D eigenvalue weighted by Crippen LogP contribution is -2.51. The van der Waals surface area contributed by atoms with Gasteiger partial charge >= 0.3 is 0 Å². The molecule has 2 N–H and O–H groups in total. The number of hydrogen-bond acceptors (Lipinski definition) is 3. The number of carbonyl (C=O) groups is 1. The summed E-state index contributed by atoms with van der Waals surface area (Å²) in [4.78, 5) is 12.8. The zero-order chi connectivity index (χ0) is 14.7. The van der Waals surface area contributed by atoms with Gasteiger partial charge in [0.25, 0.3) is 0 Å². The number of methoxy groups -OCH3 is 1. The lowest BCUT2D eigenvalue weighted by atomic mass is 9.78. The van der Waals surface area contributed by atoms with Crippen LogP contribution in [0.4, 0.5) is 0 Å². The van der Waals surface area contributed by atoms with Gasteiger partial charge in [-0.1, -0.05) is 25.0 Å². The summed E-state index contributed by atoms with van der Waals surface area (Å²) in [6.45, 7) is 2.84. The highest BCUT2D eigenvalue weighted by molar-refractivity contribution is 5.88. The van der Waals surface area contributed by atoms with Crippen molar-refractivity contribution in [2.75, 3.05) is 26.7 Å². The summed E-state index contributed by atoms with van der Waals surface area (Å²) in [7, 11) is 1.67. The average Bonchev–Trinajstić information content (AvgIpc) is 2.96. The zero-order valence-corrected chi connectivity index (χ0v) is 12.7. The summed E-state index contributed by atoms with van der Waals surface area (Å²) < 4.78 is 5.22. The highest BCUT2D eigenvalue weighted by atomic mass is 16.5. The van der Waals surface area contributed by atoms with Crippen LogP contribution >= 0.6 is 0 Å². The number of nitrogens with one attached hydrogen (secondary N) is 2. The van der Waals surface area contributed by atoms with Crippen LogP contribution in [0.3, 0.4) is 0 Å². The van der Waals surface area contributed by atoms with Crippen molar-refractivity contribution < 1.29 is 9.53 Å². The van der Waals surface area contributed by atoms with E-state index in [1.54, 1.807) is 7.11 Å². The second-order valence-electron chi connectivity index (χ2n) is 6.25. The molecule has 114 valence electrons. The fourth-order valence-electron chi connectivity index (χ4n) is 3.43. The molecule has 1 heterocycles. The lowest BCUT2D eigenvalue weighted by molar-refractivity contribution is -0.126. The van der Waals surface area contributed by atoms with Gasteiger partial charge in [-0.15, -0.1) is 0 Å². The monoisotopic (exact) mass is 288 g/mol. The van der Waals surface area contributed by atoms with Gasteiger partial charge in [0.2, 0.25) is 5.91 Å². The first kappa shape index (κ1) is 14.4. The Balaban J connectivity index is 1.75. The summed E-state index contributed by atoms with van der Waals surface area (Å²) in [6.07, 6.45) is 4.16. The predicted octanol–water partition coefficient (Wildman–Crippen LogP) is 1.84. The Kier molecular flexibility index (Phi) is 4.15. The van der Waals surface area contributed by atoms with E-state index in [1.165, 1.54) is 0 Å². The minimum Gasteiger partial charge on any atom is -0.497 e. The van der Waals surface area contributed by atoms with Crippen LogP contribution in [0.15, 0.2) is 24.3 Å². The molecule has 0 radical (unpaired) electrons. The van der Waals surface area contributed by atoms with Crippen molar-refractivity contribution in [1.82, 2.24) is 10.6 Å². The maximum Gasteiger partial charge on any atom is 0.230 e. The maximum absolute atomic E-state index is 12.8. The zero-order valence-electron chi connectivity index (χ0n) is 12.7. The molecule has 2 aliphatic rings. The van der Waals surface area contributed by atoms with Gasteiger partial charge in [0.05, 0.1) is 12.5 Å². The highest BCUT2D eigenvalue weighted by Gasteiger charge is 2.42. The van der Waals surface area contributed by atoms with Crippen molar-refractivity contribution in [3.05, 3.63) is 29.8 Å². The first-order chi connectivity index (χ1) is 10.2. The van der Waals surface area contributed by atoms with Gasteiger partial charge in [0.15, 0.2) is 0 Å². The van der Waals surface area contributed by atoms with Crippen molar-refractivity contribution in [1.29, 1.82) is 0 Å². The van der Waals surface area contributed by atoms with Crippen molar-refractivity contribution in [3.8, 4) is 5.75 Å². The minimum atomic E-state index is -0.330. The topological polar surface area (TPSA) is 50.4 Å². The van der Waals surface area contributed by atoms with Crippen LogP contribution in [0.5, 0.6) is 5.75 Å². The molecule has 21 heavy (non-hydrogen) atoms. The van der Waals surface area contributed by atoms with Gasteiger partial charge in [-0.3, -0.25) is 4.79 Å². The van der Waals surface area contributed by atoms with E-state index in [0.717, 1.165) is 56.6 Å². The SMILES string of the molecule is COc1ccc(C2(C(=O)NCC3CNC3)CCCC2)cc1. The third-order valence-electron chi connectivity index (χ3n) is 4.95. The molecule has 1 saturated carbocycles. The quantitative estimate of drug-likeness (QED) is 0.869. The highest BCUT2D eigenvalue weighted by Crippen LogP contribution is 2.41. The first-order valence-electron chi connectivity index (χ1n) is 7.88. The molecule has 0 aromatic heterocycles. The Morgan fingerprint density at radius 1 is 1.29 bits per heavy atom. The molecule has 1 aliphatic carbocycles. The number of ether oxygens (including phenoxy) is 1. The van der Waals surface area contributed by atoms with Crippen LogP contribution in [0, 0.1) is 5.92 Å². The standard InChI is InChI=1S/C17H24N2O2/c1-21-15-6-4-14(5-7-15)17(8-2-3-9-17)16(20)19-12-13-10-18-11-13/h4-7,13,18H,2-3,8-12H2,1H3,(H,19,20). The van der Waals surface area contributed by atoms with E-state index in [9.17, 15) is 4.79 Å². The van der Waals surface area contributed by atoms with E-state index >= 15 is 0 Å². The van der Waals surface area contributed by atoms with Crippen LogP contribution in [0.2, 0.25) is 0 Å². The van der Waals surface area contributed by atoms with Crippen LogP contribution in [-0.4, -0.2) is 32.7 Å². The molecular weight excluding hydrogens is 264 g/mol. The molecule has 1 aromatic carbocycles. The van der Waals surface area contributed by atoms with E-state index in [4.69, 9.17) is 4.74 Å². The third-order valence-corrected chi connectivity index (χ3v) is 4.95. The van der Waals surface area contributed by atoms with Gasteiger partial charge in [-0.05, 0) is 30.5 Å². The molecule has 0 spiro atoms. The summed E-state index contributed by atoms with van der Waals surface area (Å²) in [5.74, 6) is 1.65. The average molecular weight is 288 g/mol. The van der Waals surface area contributed by atoms with Crippen LogP contribution in [0.25, 0.3) is 0 Å². The van der Waals surface area contributed by atoms with Gasteiger partial charge in [-0.25, -0.2) is 0 Å². The Bertz CT molecular complexity index is 488. The van der Waals surface area contributed by atoms with Crippen molar-refractivity contribution in [2.45, 2.75) is 31.1 Å². The largest absolute Gasteiger partial charge is 0.497 e. The Hall–Kier alpha value is -1.55. The smallest absolute Gasteiger partial charge is 0.230 e. The van der Waals surface area contributed by atoms with Gasteiger partial charge in [-0.2, -0.15) is 0 Å². The number of carbonyl (C=O) groups excluding carboxylic acids is 1. The molecule has 2 fully saturated rings. The molecule has 3 rings (SSSR count). The molecule has 0 unspecified atom stereocenters.